The maximum Gasteiger partial charge on any atom is 0.416 e. The lowest BCUT2D eigenvalue weighted by Crippen LogP contribution is -2.16. The van der Waals surface area contributed by atoms with Crippen LogP contribution in [0.1, 0.15) is 25.1 Å². The summed E-state index contributed by atoms with van der Waals surface area (Å²) in [6.45, 7) is 3.80. The normalized spacial score (nSPS) is 11.5. The van der Waals surface area contributed by atoms with Gasteiger partial charge in [-0.2, -0.15) is 13.2 Å². The third-order valence-corrected chi connectivity index (χ3v) is 4.82. The maximum atomic E-state index is 12.7. The Morgan fingerprint density at radius 1 is 1.14 bits per heavy atom. The van der Waals surface area contributed by atoms with Crippen molar-refractivity contribution in [3.8, 4) is 16.3 Å². The van der Waals surface area contributed by atoms with Gasteiger partial charge in [-0.1, -0.05) is 24.3 Å². The topological polar surface area (TPSA) is 51.2 Å². The summed E-state index contributed by atoms with van der Waals surface area (Å²) in [5, 5.41) is 5.10. The number of nitrogens with zero attached hydrogens (tertiary/aromatic N) is 1. The van der Waals surface area contributed by atoms with Crippen LogP contribution >= 0.6 is 11.3 Å². The third-order valence-electron chi connectivity index (χ3n) is 3.88. The van der Waals surface area contributed by atoms with Crippen molar-refractivity contribution in [3.05, 3.63) is 65.2 Å². The molecule has 1 N–H and O–H groups in total. The smallest absolute Gasteiger partial charge is 0.416 e. The Hall–Kier alpha value is -2.87. The van der Waals surface area contributed by atoms with E-state index in [0.717, 1.165) is 12.1 Å². The van der Waals surface area contributed by atoms with E-state index in [1.165, 1.54) is 23.5 Å². The summed E-state index contributed by atoms with van der Waals surface area (Å²) >= 11 is 1.28. The first-order valence-electron chi connectivity index (χ1n) is 8.90. The number of thiazole rings is 1. The van der Waals surface area contributed by atoms with Crippen LogP contribution in [0.25, 0.3) is 10.6 Å². The summed E-state index contributed by atoms with van der Waals surface area (Å²) < 4.78 is 43.7. The van der Waals surface area contributed by atoms with Gasteiger partial charge in [0.15, 0.2) is 0 Å². The number of hydrogen-bond donors (Lipinski definition) is 1. The molecule has 3 aromatic rings. The molecule has 3 rings (SSSR count). The molecule has 0 saturated heterocycles. The van der Waals surface area contributed by atoms with Crippen LogP contribution < -0.4 is 10.1 Å². The van der Waals surface area contributed by atoms with Crippen LogP contribution in [-0.2, 0) is 17.4 Å². The number of benzene rings is 2. The fourth-order valence-electron chi connectivity index (χ4n) is 2.61. The van der Waals surface area contributed by atoms with Gasteiger partial charge >= 0.3 is 6.18 Å². The molecule has 1 heterocycles. The van der Waals surface area contributed by atoms with Crippen molar-refractivity contribution in [1.82, 2.24) is 4.98 Å². The highest BCUT2D eigenvalue weighted by Crippen LogP contribution is 2.32. The molecular formula is C21H19F3N2O2S. The summed E-state index contributed by atoms with van der Waals surface area (Å²) in [7, 11) is 0. The number of alkyl halides is 3. The lowest BCUT2D eigenvalue weighted by molar-refractivity contribution is -0.137. The quantitative estimate of drug-likeness (QED) is 0.549. The highest BCUT2D eigenvalue weighted by molar-refractivity contribution is 7.13. The van der Waals surface area contributed by atoms with Gasteiger partial charge in [0, 0.05) is 10.9 Å². The van der Waals surface area contributed by atoms with Crippen LogP contribution in [0.2, 0.25) is 0 Å². The van der Waals surface area contributed by atoms with Crippen LogP contribution in [0, 0.1) is 0 Å². The number of carbonyl (C=O) groups is 1. The number of hydrogen-bond acceptors (Lipinski definition) is 4. The van der Waals surface area contributed by atoms with Gasteiger partial charge in [-0.25, -0.2) is 4.98 Å². The van der Waals surface area contributed by atoms with E-state index in [9.17, 15) is 18.0 Å². The fraction of sp³-hybridized carbons (Fsp3) is 0.238. The Bertz CT molecular complexity index is 982. The van der Waals surface area contributed by atoms with E-state index in [4.69, 9.17) is 4.74 Å². The minimum Gasteiger partial charge on any atom is -0.489 e. The van der Waals surface area contributed by atoms with E-state index in [2.05, 4.69) is 10.3 Å². The summed E-state index contributed by atoms with van der Waals surface area (Å²) in [6.07, 6.45) is -4.36. The number of nitrogens with one attached hydrogen (secondary N) is 1. The monoisotopic (exact) mass is 420 g/mol. The molecule has 2 aromatic carbocycles. The van der Waals surface area contributed by atoms with E-state index >= 15 is 0 Å². The molecule has 0 fully saturated rings. The number of carbonyl (C=O) groups excluding carboxylic acids is 1. The van der Waals surface area contributed by atoms with Crippen LogP contribution in [0.3, 0.4) is 0 Å². The number of amides is 1. The standard InChI is InChI=1S/C21H19F3N2O2S/c1-13(2)28-18-6-4-3-5-17(18)26-19(27)11-16-12-29-20(25-16)14-7-9-15(10-8-14)21(22,23)24/h3-10,12-13H,11H2,1-2H3,(H,26,27). The Balaban J connectivity index is 1.67. The van der Waals surface area contributed by atoms with Crippen molar-refractivity contribution in [2.24, 2.45) is 0 Å². The molecule has 0 saturated carbocycles. The second kappa shape index (κ2) is 8.65. The van der Waals surface area contributed by atoms with E-state index < -0.39 is 11.7 Å². The zero-order chi connectivity index (χ0) is 21.0. The summed E-state index contributed by atoms with van der Waals surface area (Å²) in [4.78, 5) is 16.8. The SMILES string of the molecule is CC(C)Oc1ccccc1NC(=O)Cc1csc(-c2ccc(C(F)(F)F)cc2)n1. The predicted octanol–water partition coefficient (Wildman–Crippen LogP) is 5.80. The van der Waals surface area contributed by atoms with Gasteiger partial charge in [0.2, 0.25) is 5.91 Å². The van der Waals surface area contributed by atoms with Crippen molar-refractivity contribution in [1.29, 1.82) is 0 Å². The molecular weight excluding hydrogens is 401 g/mol. The molecule has 0 atom stereocenters. The molecule has 0 aliphatic carbocycles. The number of halogens is 3. The molecule has 152 valence electrons. The van der Waals surface area contributed by atoms with Crippen LogP contribution in [0.4, 0.5) is 18.9 Å². The van der Waals surface area contributed by atoms with Gasteiger partial charge < -0.3 is 10.1 Å². The zero-order valence-corrected chi connectivity index (χ0v) is 16.6. The van der Waals surface area contributed by atoms with Gasteiger partial charge in [-0.3, -0.25) is 4.79 Å². The second-order valence-corrected chi connectivity index (χ2v) is 7.46. The summed E-state index contributed by atoms with van der Waals surface area (Å²) in [5.41, 5.74) is 0.985. The minimum absolute atomic E-state index is 0.0297. The third kappa shape index (κ3) is 5.57. The Labute approximate surface area is 170 Å². The molecule has 29 heavy (non-hydrogen) atoms. The Kier molecular flexibility index (Phi) is 6.22. The van der Waals surface area contributed by atoms with Crippen LogP contribution in [0.15, 0.2) is 53.9 Å². The second-order valence-electron chi connectivity index (χ2n) is 6.61. The van der Waals surface area contributed by atoms with Gasteiger partial charge in [0.25, 0.3) is 0 Å². The maximum absolute atomic E-state index is 12.7. The summed E-state index contributed by atoms with van der Waals surface area (Å²) in [5.74, 6) is 0.327. The minimum atomic E-state index is -4.37. The molecule has 4 nitrogen and oxygen atoms in total. The zero-order valence-electron chi connectivity index (χ0n) is 15.8. The van der Waals surface area contributed by atoms with Crippen molar-refractivity contribution in [3.63, 3.8) is 0 Å². The van der Waals surface area contributed by atoms with Gasteiger partial charge in [-0.15, -0.1) is 11.3 Å². The van der Waals surface area contributed by atoms with Crippen molar-refractivity contribution in [2.45, 2.75) is 32.5 Å². The molecule has 1 aromatic heterocycles. The lowest BCUT2D eigenvalue weighted by atomic mass is 10.1. The highest BCUT2D eigenvalue weighted by atomic mass is 32.1. The first kappa shape index (κ1) is 20.9. The number of anilines is 1. The molecule has 0 bridgehead atoms. The largest absolute Gasteiger partial charge is 0.489 e. The van der Waals surface area contributed by atoms with Crippen molar-refractivity contribution >= 4 is 22.9 Å². The molecule has 0 radical (unpaired) electrons. The lowest BCUT2D eigenvalue weighted by Gasteiger charge is -2.14. The number of para-hydroxylation sites is 2. The number of aromatic nitrogens is 1. The average molecular weight is 420 g/mol. The first-order chi connectivity index (χ1) is 13.7. The number of rotatable bonds is 6. The van der Waals surface area contributed by atoms with Crippen LogP contribution in [0.5, 0.6) is 5.75 Å². The van der Waals surface area contributed by atoms with E-state index in [1.54, 1.807) is 23.6 Å². The molecule has 8 heteroatoms. The van der Waals surface area contributed by atoms with Crippen LogP contribution in [-0.4, -0.2) is 17.0 Å². The van der Waals surface area contributed by atoms with Gasteiger partial charge in [0.1, 0.15) is 10.8 Å². The van der Waals surface area contributed by atoms with Crippen molar-refractivity contribution < 1.29 is 22.7 Å². The fourth-order valence-corrected chi connectivity index (χ4v) is 3.43. The summed E-state index contributed by atoms with van der Waals surface area (Å²) in [6, 6.07) is 12.0. The molecule has 1 amide bonds. The highest BCUT2D eigenvalue weighted by Gasteiger charge is 2.30. The molecule has 0 aliphatic rings. The number of ether oxygens (including phenoxy) is 1. The molecule has 0 spiro atoms. The van der Waals surface area contributed by atoms with E-state index in [0.29, 0.717) is 27.7 Å². The Morgan fingerprint density at radius 2 is 1.83 bits per heavy atom. The van der Waals surface area contributed by atoms with Gasteiger partial charge in [-0.05, 0) is 38.1 Å². The molecule has 0 aliphatic heterocycles. The van der Waals surface area contributed by atoms with Crippen molar-refractivity contribution in [2.75, 3.05) is 5.32 Å². The predicted molar refractivity (Wildman–Crippen MR) is 107 cm³/mol. The van der Waals surface area contributed by atoms with E-state index in [-0.39, 0.29) is 18.4 Å². The van der Waals surface area contributed by atoms with E-state index in [1.807, 2.05) is 19.9 Å². The Morgan fingerprint density at radius 3 is 2.48 bits per heavy atom. The molecule has 0 unspecified atom stereocenters. The average Bonchev–Trinajstić information content (AvgIpc) is 3.10. The first-order valence-corrected chi connectivity index (χ1v) is 9.78. The van der Waals surface area contributed by atoms with Gasteiger partial charge in [0.05, 0.1) is 29.5 Å².